The zero-order chi connectivity index (χ0) is 19.7. The lowest BCUT2D eigenvalue weighted by Gasteiger charge is -2.35. The van der Waals surface area contributed by atoms with Gasteiger partial charge in [-0.1, -0.05) is 30.3 Å². The van der Waals surface area contributed by atoms with Crippen LogP contribution in [0.1, 0.15) is 48.4 Å². The Morgan fingerprint density at radius 1 is 1.21 bits per heavy atom. The van der Waals surface area contributed by atoms with Gasteiger partial charge in [-0.3, -0.25) is 4.90 Å². The van der Waals surface area contributed by atoms with Crippen molar-refractivity contribution < 1.29 is 9.90 Å². The molecular formula is C23H27N3O2. The van der Waals surface area contributed by atoms with Crippen LogP contribution in [-0.2, 0) is 19.5 Å². The van der Waals surface area contributed by atoms with E-state index in [9.17, 15) is 9.90 Å². The second-order valence-electron chi connectivity index (χ2n) is 7.97. The second kappa shape index (κ2) is 7.40. The van der Waals surface area contributed by atoms with Crippen molar-refractivity contribution in [2.75, 3.05) is 6.54 Å². The lowest BCUT2D eigenvalue weighted by Crippen LogP contribution is -2.43. The van der Waals surface area contributed by atoms with Crippen LogP contribution in [0.5, 0.6) is 0 Å². The van der Waals surface area contributed by atoms with Crippen molar-refractivity contribution in [1.82, 2.24) is 14.5 Å². The summed E-state index contributed by atoms with van der Waals surface area (Å²) in [5, 5.41) is 9.27. The summed E-state index contributed by atoms with van der Waals surface area (Å²) in [4.78, 5) is 18.7. The number of aromatic nitrogens is 2. The van der Waals surface area contributed by atoms with E-state index in [1.54, 1.807) is 12.1 Å². The standard InChI is InChI=1S/C23H27N3O2/c1-3-26-20-11-10-18(22(27)28)14-19(20)24-21(26)16-25-13-7-12-23(25,2)15-17-8-5-4-6-9-17/h4-6,8-11,14H,3,7,12-13,15-16H2,1-2H3,(H,27,28). The zero-order valence-corrected chi connectivity index (χ0v) is 16.6. The van der Waals surface area contributed by atoms with Gasteiger partial charge in [0.1, 0.15) is 5.82 Å². The van der Waals surface area contributed by atoms with E-state index in [0.29, 0.717) is 0 Å². The minimum Gasteiger partial charge on any atom is -0.478 e. The van der Waals surface area contributed by atoms with Gasteiger partial charge in [0.25, 0.3) is 0 Å². The predicted molar refractivity (Wildman–Crippen MR) is 111 cm³/mol. The maximum Gasteiger partial charge on any atom is 0.335 e. The molecule has 4 rings (SSSR count). The number of hydrogen-bond acceptors (Lipinski definition) is 3. The molecule has 1 atom stereocenters. The second-order valence-corrected chi connectivity index (χ2v) is 7.97. The highest BCUT2D eigenvalue weighted by atomic mass is 16.4. The van der Waals surface area contributed by atoms with Crippen LogP contribution in [0.3, 0.4) is 0 Å². The molecule has 28 heavy (non-hydrogen) atoms. The quantitative estimate of drug-likeness (QED) is 0.694. The van der Waals surface area contributed by atoms with E-state index in [-0.39, 0.29) is 11.1 Å². The Hall–Kier alpha value is -2.66. The molecule has 0 bridgehead atoms. The number of carboxylic acids is 1. The molecule has 1 fully saturated rings. The van der Waals surface area contributed by atoms with E-state index >= 15 is 0 Å². The van der Waals surface area contributed by atoms with Gasteiger partial charge in [-0.25, -0.2) is 9.78 Å². The number of likely N-dealkylation sites (tertiary alicyclic amines) is 1. The summed E-state index contributed by atoms with van der Waals surface area (Å²) in [6, 6.07) is 15.9. The zero-order valence-electron chi connectivity index (χ0n) is 16.6. The molecule has 0 radical (unpaired) electrons. The van der Waals surface area contributed by atoms with Crippen molar-refractivity contribution in [3.8, 4) is 0 Å². The van der Waals surface area contributed by atoms with E-state index in [2.05, 4.69) is 53.6 Å². The summed E-state index contributed by atoms with van der Waals surface area (Å²) in [6.07, 6.45) is 3.40. The van der Waals surface area contributed by atoms with Crippen LogP contribution in [0.15, 0.2) is 48.5 Å². The van der Waals surface area contributed by atoms with Crippen LogP contribution in [-0.4, -0.2) is 37.6 Å². The molecule has 1 aromatic heterocycles. The number of benzene rings is 2. The van der Waals surface area contributed by atoms with Crippen molar-refractivity contribution in [1.29, 1.82) is 0 Å². The maximum atomic E-state index is 11.3. The van der Waals surface area contributed by atoms with Gasteiger partial charge in [0, 0.05) is 12.1 Å². The molecule has 1 aliphatic rings. The third kappa shape index (κ3) is 3.42. The van der Waals surface area contributed by atoms with Crippen LogP contribution in [0.25, 0.3) is 11.0 Å². The molecule has 5 nitrogen and oxygen atoms in total. The lowest BCUT2D eigenvalue weighted by atomic mass is 9.90. The molecule has 1 unspecified atom stereocenters. The summed E-state index contributed by atoms with van der Waals surface area (Å²) >= 11 is 0. The number of fused-ring (bicyclic) bond motifs is 1. The van der Waals surface area contributed by atoms with E-state index in [0.717, 1.165) is 42.9 Å². The van der Waals surface area contributed by atoms with Crippen molar-refractivity contribution in [2.24, 2.45) is 0 Å². The summed E-state index contributed by atoms with van der Waals surface area (Å²) in [5.41, 5.74) is 3.54. The van der Waals surface area contributed by atoms with Crippen LogP contribution < -0.4 is 0 Å². The van der Waals surface area contributed by atoms with Crippen LogP contribution in [0, 0.1) is 0 Å². The van der Waals surface area contributed by atoms with E-state index in [4.69, 9.17) is 4.98 Å². The first-order valence-corrected chi connectivity index (χ1v) is 10.0. The van der Waals surface area contributed by atoms with Gasteiger partial charge in [0.15, 0.2) is 0 Å². The minimum absolute atomic E-state index is 0.115. The number of rotatable bonds is 6. The first kappa shape index (κ1) is 18.7. The highest BCUT2D eigenvalue weighted by Gasteiger charge is 2.37. The molecule has 146 valence electrons. The number of carbonyl (C=O) groups is 1. The fourth-order valence-electron chi connectivity index (χ4n) is 4.54. The Bertz CT molecular complexity index is 996. The van der Waals surface area contributed by atoms with Crippen molar-refractivity contribution in [3.05, 3.63) is 65.5 Å². The topological polar surface area (TPSA) is 58.4 Å². The maximum absolute atomic E-state index is 11.3. The monoisotopic (exact) mass is 377 g/mol. The Kier molecular flexibility index (Phi) is 4.94. The summed E-state index contributed by atoms with van der Waals surface area (Å²) in [6.45, 7) is 7.14. The van der Waals surface area contributed by atoms with E-state index in [1.165, 1.54) is 18.4 Å². The molecule has 3 aromatic rings. The number of aryl methyl sites for hydroxylation is 1. The molecule has 2 aromatic carbocycles. The van der Waals surface area contributed by atoms with Gasteiger partial charge in [-0.05, 0) is 63.4 Å². The highest BCUT2D eigenvalue weighted by molar-refractivity contribution is 5.92. The molecule has 1 aliphatic heterocycles. The normalized spacial score (nSPS) is 20.1. The fourth-order valence-corrected chi connectivity index (χ4v) is 4.54. The van der Waals surface area contributed by atoms with Gasteiger partial charge >= 0.3 is 5.97 Å². The van der Waals surface area contributed by atoms with Gasteiger partial charge < -0.3 is 9.67 Å². The van der Waals surface area contributed by atoms with Crippen LogP contribution in [0.2, 0.25) is 0 Å². The molecular weight excluding hydrogens is 350 g/mol. The Morgan fingerprint density at radius 3 is 2.71 bits per heavy atom. The molecule has 0 saturated carbocycles. The smallest absolute Gasteiger partial charge is 0.335 e. The third-order valence-electron chi connectivity index (χ3n) is 6.06. The molecule has 1 saturated heterocycles. The van der Waals surface area contributed by atoms with E-state index < -0.39 is 5.97 Å². The first-order chi connectivity index (χ1) is 13.5. The van der Waals surface area contributed by atoms with Crippen molar-refractivity contribution >= 4 is 17.0 Å². The number of nitrogens with zero attached hydrogens (tertiary/aromatic N) is 3. The largest absolute Gasteiger partial charge is 0.478 e. The van der Waals surface area contributed by atoms with Gasteiger partial charge in [-0.2, -0.15) is 0 Å². The van der Waals surface area contributed by atoms with Crippen LogP contribution in [0.4, 0.5) is 0 Å². The Balaban J connectivity index is 1.63. The van der Waals surface area contributed by atoms with Gasteiger partial charge in [-0.15, -0.1) is 0 Å². The number of imidazole rings is 1. The summed E-state index contributed by atoms with van der Waals surface area (Å²) in [7, 11) is 0. The van der Waals surface area contributed by atoms with Crippen molar-refractivity contribution in [2.45, 2.75) is 51.7 Å². The first-order valence-electron chi connectivity index (χ1n) is 10.0. The average Bonchev–Trinajstić information content (AvgIpc) is 3.21. The predicted octanol–water partition coefficient (Wildman–Crippen LogP) is 4.35. The lowest BCUT2D eigenvalue weighted by molar-refractivity contribution is 0.0697. The molecule has 5 heteroatoms. The molecule has 2 heterocycles. The number of aromatic carboxylic acids is 1. The van der Waals surface area contributed by atoms with Crippen LogP contribution >= 0.6 is 0 Å². The third-order valence-corrected chi connectivity index (χ3v) is 6.06. The van der Waals surface area contributed by atoms with Crippen molar-refractivity contribution in [3.63, 3.8) is 0 Å². The average molecular weight is 377 g/mol. The van der Waals surface area contributed by atoms with E-state index in [1.807, 2.05) is 6.07 Å². The number of hydrogen-bond donors (Lipinski definition) is 1. The number of carboxylic acid groups (broad SMARTS) is 1. The molecule has 0 spiro atoms. The minimum atomic E-state index is -0.913. The summed E-state index contributed by atoms with van der Waals surface area (Å²) < 4.78 is 2.21. The van der Waals surface area contributed by atoms with Gasteiger partial charge in [0.05, 0.1) is 23.1 Å². The Labute approximate surface area is 165 Å². The highest BCUT2D eigenvalue weighted by Crippen LogP contribution is 2.34. The molecule has 0 aliphatic carbocycles. The Morgan fingerprint density at radius 2 is 2.00 bits per heavy atom. The molecule has 1 N–H and O–H groups in total. The summed E-state index contributed by atoms with van der Waals surface area (Å²) in [5.74, 6) is 0.103. The van der Waals surface area contributed by atoms with Gasteiger partial charge in [0.2, 0.25) is 0 Å². The fraction of sp³-hybridized carbons (Fsp3) is 0.391. The molecule has 0 amide bonds. The SMILES string of the molecule is CCn1c(CN2CCCC2(C)Cc2ccccc2)nc2cc(C(=O)O)ccc21.